The molecule has 3 aromatic rings. The van der Waals surface area contributed by atoms with Crippen molar-refractivity contribution in [3.63, 3.8) is 0 Å². The lowest BCUT2D eigenvalue weighted by Crippen LogP contribution is -2.48. The molecule has 7 rings (SSSR count). The van der Waals surface area contributed by atoms with Crippen LogP contribution in [-0.4, -0.2) is 84.9 Å². The summed E-state index contributed by atoms with van der Waals surface area (Å²) in [5, 5.41) is 23.2. The maximum absolute atomic E-state index is 14.6. The van der Waals surface area contributed by atoms with Crippen molar-refractivity contribution in [1.82, 2.24) is 10.2 Å². The number of rotatable bonds is 11. The van der Waals surface area contributed by atoms with Crippen molar-refractivity contribution in [3.05, 3.63) is 90.2 Å². The van der Waals surface area contributed by atoms with Crippen LogP contribution in [0.4, 0.5) is 15.8 Å². The molecule has 3 saturated heterocycles. The largest absolute Gasteiger partial charge is 0.487 e. The molecule has 0 aromatic heterocycles. The molecule has 1 amide bonds. The molecule has 0 spiro atoms. The van der Waals surface area contributed by atoms with E-state index in [1.807, 2.05) is 48.5 Å². The van der Waals surface area contributed by atoms with E-state index in [1.165, 1.54) is 6.07 Å². The molecule has 48 heavy (non-hydrogen) atoms. The number of ether oxygens (including phenoxy) is 1. The van der Waals surface area contributed by atoms with E-state index >= 15 is 0 Å². The molecule has 4 fully saturated rings. The van der Waals surface area contributed by atoms with Gasteiger partial charge >= 0.3 is 5.97 Å². The van der Waals surface area contributed by atoms with Gasteiger partial charge in [-0.15, -0.1) is 0 Å². The first kappa shape index (κ1) is 33.7. The summed E-state index contributed by atoms with van der Waals surface area (Å²) in [6, 6.07) is 24.2. The number of para-hydroxylation sites is 2. The van der Waals surface area contributed by atoms with Gasteiger partial charge in [-0.1, -0.05) is 42.5 Å². The Morgan fingerprint density at radius 1 is 0.812 bits per heavy atom. The highest BCUT2D eigenvalue weighted by molar-refractivity contribution is 5.80. The van der Waals surface area contributed by atoms with Gasteiger partial charge in [-0.05, 0) is 93.6 Å². The van der Waals surface area contributed by atoms with Crippen LogP contribution in [0, 0.1) is 17.7 Å². The Labute approximate surface area is 282 Å². The zero-order valence-electron chi connectivity index (χ0n) is 27.4. The average molecular weight is 659 g/mol. The Morgan fingerprint density at radius 3 is 1.94 bits per heavy atom. The van der Waals surface area contributed by atoms with E-state index in [0.717, 1.165) is 76.1 Å². The number of carbonyl (C=O) groups is 2. The average Bonchev–Trinajstić information content (AvgIpc) is 3.50. The molecule has 256 valence electrons. The van der Waals surface area contributed by atoms with Crippen molar-refractivity contribution >= 4 is 23.3 Å². The number of aliphatic hydroxyl groups is 1. The molecule has 10 heteroatoms. The van der Waals surface area contributed by atoms with Gasteiger partial charge in [0.2, 0.25) is 5.91 Å². The van der Waals surface area contributed by atoms with Crippen molar-refractivity contribution in [2.24, 2.45) is 11.8 Å². The second-order valence-corrected chi connectivity index (χ2v) is 13.4. The van der Waals surface area contributed by atoms with E-state index in [9.17, 15) is 19.1 Å². The normalized spacial score (nSPS) is 22.1. The predicted molar refractivity (Wildman–Crippen MR) is 184 cm³/mol. The fourth-order valence-corrected chi connectivity index (χ4v) is 6.85. The zero-order chi connectivity index (χ0) is 33.5. The van der Waals surface area contributed by atoms with Crippen LogP contribution in [0.5, 0.6) is 5.75 Å². The van der Waals surface area contributed by atoms with E-state index in [2.05, 4.69) is 32.1 Å². The maximum Gasteiger partial charge on any atom is 0.308 e. The molecule has 3 heterocycles. The fourth-order valence-electron chi connectivity index (χ4n) is 6.85. The molecule has 3 aromatic carbocycles. The predicted octanol–water partition coefficient (Wildman–Crippen LogP) is 5.10. The van der Waals surface area contributed by atoms with E-state index in [-0.39, 0.29) is 29.6 Å². The van der Waals surface area contributed by atoms with Gasteiger partial charge in [0.15, 0.2) is 11.6 Å². The van der Waals surface area contributed by atoms with Crippen LogP contribution in [0.25, 0.3) is 0 Å². The Kier molecular flexibility index (Phi) is 11.1. The molecule has 0 radical (unpaired) electrons. The number of anilines is 2. The molecular formula is C38H47FN4O5. The molecule has 3 aliphatic heterocycles. The van der Waals surface area contributed by atoms with Crippen LogP contribution in [-0.2, 0) is 9.59 Å². The lowest BCUT2D eigenvalue weighted by Gasteiger charge is -2.30. The quantitative estimate of drug-likeness (QED) is 0.261. The minimum Gasteiger partial charge on any atom is -0.487 e. The first-order valence-electron chi connectivity index (χ1n) is 17.3. The monoisotopic (exact) mass is 658 g/mol. The number of carboxylic acid groups (broad SMARTS) is 1. The molecule has 1 aliphatic carbocycles. The number of nitrogens with zero attached hydrogens (tertiary/aromatic N) is 3. The minimum atomic E-state index is -0.999. The SMILES string of the molecule is O=C(N[C@H](CN1CCCC1)[C@H](O)c1ccc(OC2CC2)c(F)c1)[C@@H]1CCN(c2ccccc2)C1.O=C(O)[C@@H]1CCN(c2ccccc2)C1. The summed E-state index contributed by atoms with van der Waals surface area (Å²) in [5.74, 6) is -1.30. The van der Waals surface area contributed by atoms with Gasteiger partial charge in [0, 0.05) is 44.1 Å². The number of hydrogen-bond donors (Lipinski definition) is 3. The molecule has 4 atom stereocenters. The number of carboxylic acids is 1. The van der Waals surface area contributed by atoms with Gasteiger partial charge < -0.3 is 35.0 Å². The number of hydrogen-bond acceptors (Lipinski definition) is 7. The van der Waals surface area contributed by atoms with Crippen molar-refractivity contribution in [1.29, 1.82) is 0 Å². The van der Waals surface area contributed by atoms with Crippen LogP contribution in [0.3, 0.4) is 0 Å². The Morgan fingerprint density at radius 2 is 1.40 bits per heavy atom. The van der Waals surface area contributed by atoms with E-state index in [0.29, 0.717) is 25.2 Å². The lowest BCUT2D eigenvalue weighted by molar-refractivity contribution is -0.140. The van der Waals surface area contributed by atoms with E-state index in [4.69, 9.17) is 9.84 Å². The second-order valence-electron chi connectivity index (χ2n) is 13.4. The second kappa shape index (κ2) is 15.8. The number of aliphatic carboxylic acids is 1. The summed E-state index contributed by atoms with van der Waals surface area (Å²) in [4.78, 5) is 30.6. The maximum atomic E-state index is 14.6. The smallest absolute Gasteiger partial charge is 0.308 e. The third-order valence-electron chi connectivity index (χ3n) is 9.82. The third-order valence-corrected chi connectivity index (χ3v) is 9.82. The summed E-state index contributed by atoms with van der Waals surface area (Å²) in [7, 11) is 0. The van der Waals surface area contributed by atoms with Crippen LogP contribution in [0.1, 0.15) is 50.2 Å². The number of aliphatic hydroxyl groups excluding tert-OH is 1. The summed E-state index contributed by atoms with van der Waals surface area (Å²) in [6.07, 6.45) is 4.78. The molecular weight excluding hydrogens is 611 g/mol. The number of benzene rings is 3. The van der Waals surface area contributed by atoms with Gasteiger partial charge in [0.25, 0.3) is 0 Å². The van der Waals surface area contributed by atoms with Crippen LogP contribution in [0.2, 0.25) is 0 Å². The highest BCUT2D eigenvalue weighted by Gasteiger charge is 2.33. The Bertz CT molecular complexity index is 1500. The van der Waals surface area contributed by atoms with E-state index < -0.39 is 23.9 Å². The van der Waals surface area contributed by atoms with Gasteiger partial charge in [0.1, 0.15) is 6.10 Å². The highest BCUT2D eigenvalue weighted by Crippen LogP contribution is 2.31. The zero-order valence-corrected chi connectivity index (χ0v) is 27.4. The van der Waals surface area contributed by atoms with Crippen molar-refractivity contribution in [2.75, 3.05) is 55.6 Å². The van der Waals surface area contributed by atoms with Gasteiger partial charge in [-0.2, -0.15) is 0 Å². The van der Waals surface area contributed by atoms with Gasteiger partial charge in [-0.25, -0.2) is 4.39 Å². The highest BCUT2D eigenvalue weighted by atomic mass is 19.1. The molecule has 0 unspecified atom stereocenters. The lowest BCUT2D eigenvalue weighted by atomic mass is 9.99. The van der Waals surface area contributed by atoms with Crippen molar-refractivity contribution in [2.45, 2.75) is 56.8 Å². The van der Waals surface area contributed by atoms with Gasteiger partial charge in [0.05, 0.1) is 24.0 Å². The molecule has 0 bridgehead atoms. The Balaban J connectivity index is 0.000000239. The summed E-state index contributed by atoms with van der Waals surface area (Å²) >= 11 is 0. The number of nitrogens with one attached hydrogen (secondary N) is 1. The molecule has 1 saturated carbocycles. The fraction of sp³-hybridized carbons (Fsp3) is 0.474. The topological polar surface area (TPSA) is 106 Å². The van der Waals surface area contributed by atoms with Crippen LogP contribution >= 0.6 is 0 Å². The Hall–Kier alpha value is -4.15. The first-order chi connectivity index (χ1) is 23.3. The van der Waals surface area contributed by atoms with Gasteiger partial charge in [-0.3, -0.25) is 9.59 Å². The number of likely N-dealkylation sites (tertiary alicyclic amines) is 1. The molecule has 3 N–H and O–H groups in total. The summed E-state index contributed by atoms with van der Waals surface area (Å²) in [6.45, 7) is 5.42. The van der Waals surface area contributed by atoms with Crippen LogP contribution in [0.15, 0.2) is 78.9 Å². The standard InChI is InChI=1S/C27H34FN3O3.C11H13NO2/c28-23-16-19(8-11-25(23)34-22-9-10-22)26(32)24(18-30-13-4-5-14-30)29-27(33)20-12-15-31(17-20)21-6-2-1-3-7-21;13-11(14)9-6-7-12(8-9)10-4-2-1-3-5-10/h1-3,6-8,11,16,20,22,24,26,32H,4-5,9-10,12-15,17-18H2,(H,29,33);1-5,9H,6-8H2,(H,13,14)/t20-,24-,26-;9-/m11/s1. The summed E-state index contributed by atoms with van der Waals surface area (Å²) in [5.41, 5.74) is 2.70. The minimum absolute atomic E-state index is 0.0455. The molecule has 9 nitrogen and oxygen atoms in total. The number of halogens is 1. The van der Waals surface area contributed by atoms with Crippen molar-refractivity contribution < 1.29 is 28.9 Å². The first-order valence-corrected chi connectivity index (χ1v) is 17.3. The number of amides is 1. The number of carbonyl (C=O) groups excluding carboxylic acids is 1. The summed E-state index contributed by atoms with van der Waals surface area (Å²) < 4.78 is 20.2. The third kappa shape index (κ3) is 8.85. The van der Waals surface area contributed by atoms with Crippen LogP contribution < -0.4 is 19.9 Å². The van der Waals surface area contributed by atoms with Crippen molar-refractivity contribution in [3.8, 4) is 5.75 Å². The van der Waals surface area contributed by atoms with E-state index in [1.54, 1.807) is 12.1 Å². The molecule has 4 aliphatic rings.